The molecule has 0 bridgehead atoms. The van der Waals surface area contributed by atoms with E-state index in [4.69, 9.17) is 23.9 Å². The van der Waals surface area contributed by atoms with E-state index in [9.17, 15) is 4.79 Å². The Balaban J connectivity index is 1.58. The van der Waals surface area contributed by atoms with Crippen molar-refractivity contribution in [1.29, 1.82) is 0 Å². The lowest BCUT2D eigenvalue weighted by Gasteiger charge is -2.38. The zero-order chi connectivity index (χ0) is 26.0. The molecular weight excluding hydrogens is 530 g/mol. The van der Waals surface area contributed by atoms with Crippen LogP contribution >= 0.6 is 15.9 Å². The zero-order valence-corrected chi connectivity index (χ0v) is 23.0. The summed E-state index contributed by atoms with van der Waals surface area (Å²) in [5.41, 5.74) is 1.15. The number of nitrogens with one attached hydrogen (secondary N) is 1. The number of rotatable bonds is 6. The molecule has 3 aromatic rings. The maximum atomic E-state index is 12.8. The molecule has 2 aromatic heterocycles. The Morgan fingerprint density at radius 2 is 2.06 bits per heavy atom. The lowest BCUT2D eigenvalue weighted by Crippen LogP contribution is -2.50. The first-order valence-corrected chi connectivity index (χ1v) is 12.5. The van der Waals surface area contributed by atoms with Gasteiger partial charge in [0.05, 0.1) is 33.4 Å². The molecule has 10 nitrogen and oxygen atoms in total. The van der Waals surface area contributed by atoms with Gasteiger partial charge in [-0.15, -0.1) is 0 Å². The van der Waals surface area contributed by atoms with Gasteiger partial charge in [0.25, 0.3) is 0 Å². The molecule has 1 N–H and O–H groups in total. The monoisotopic (exact) mass is 561 g/mol. The summed E-state index contributed by atoms with van der Waals surface area (Å²) < 4.78 is 25.1. The van der Waals surface area contributed by atoms with Crippen molar-refractivity contribution in [2.45, 2.75) is 52.0 Å². The van der Waals surface area contributed by atoms with Crippen LogP contribution in [-0.2, 0) is 16.0 Å². The van der Waals surface area contributed by atoms with Crippen molar-refractivity contribution in [3.63, 3.8) is 0 Å². The highest BCUT2D eigenvalue weighted by Crippen LogP contribution is 2.32. The van der Waals surface area contributed by atoms with Crippen LogP contribution in [0.2, 0.25) is 0 Å². The first-order chi connectivity index (χ1) is 17.1. The van der Waals surface area contributed by atoms with Gasteiger partial charge in [0.2, 0.25) is 0 Å². The molecule has 2 atom stereocenters. The molecule has 1 fully saturated rings. The predicted octanol–water partition coefficient (Wildman–Crippen LogP) is 4.82. The Morgan fingerprint density at radius 3 is 2.75 bits per heavy atom. The third-order valence-electron chi connectivity index (χ3n) is 5.83. The van der Waals surface area contributed by atoms with Crippen LogP contribution in [0.15, 0.2) is 35.2 Å². The number of carbonyl (C=O) groups is 1. The van der Waals surface area contributed by atoms with Crippen LogP contribution in [0.5, 0.6) is 11.5 Å². The van der Waals surface area contributed by atoms with Crippen molar-refractivity contribution in [3.05, 3.63) is 46.6 Å². The maximum Gasteiger partial charge on any atom is 0.410 e. The Kier molecular flexibility index (Phi) is 7.60. The summed E-state index contributed by atoms with van der Waals surface area (Å²) in [4.78, 5) is 23.8. The molecule has 0 unspecified atom stereocenters. The topological polar surface area (TPSA) is 99.5 Å². The van der Waals surface area contributed by atoms with Gasteiger partial charge < -0.3 is 29.2 Å². The molecule has 0 spiro atoms. The van der Waals surface area contributed by atoms with Crippen LogP contribution in [0.4, 0.5) is 10.6 Å². The minimum absolute atomic E-state index is 0.107. The highest BCUT2D eigenvalue weighted by molar-refractivity contribution is 9.10. The van der Waals surface area contributed by atoms with E-state index in [1.165, 1.54) is 0 Å². The Bertz CT molecular complexity index is 1240. The number of methoxy groups -OCH3 is 2. The first-order valence-electron chi connectivity index (χ1n) is 11.7. The molecule has 11 heteroatoms. The van der Waals surface area contributed by atoms with Crippen molar-refractivity contribution in [2.75, 3.05) is 32.7 Å². The number of carbonyl (C=O) groups excluding carboxylic acids is 1. The predicted molar refractivity (Wildman–Crippen MR) is 139 cm³/mol. The second-order valence-corrected chi connectivity index (χ2v) is 10.3. The van der Waals surface area contributed by atoms with Crippen molar-refractivity contribution in [1.82, 2.24) is 19.3 Å². The molecule has 3 heterocycles. The number of benzene rings is 1. The van der Waals surface area contributed by atoms with Crippen molar-refractivity contribution < 1.29 is 23.7 Å². The summed E-state index contributed by atoms with van der Waals surface area (Å²) in [5, 5.41) is 3.38. The minimum atomic E-state index is -0.577. The molecule has 36 heavy (non-hydrogen) atoms. The molecule has 1 aromatic carbocycles. The summed E-state index contributed by atoms with van der Waals surface area (Å²) in [6.45, 7) is 8.71. The van der Waals surface area contributed by atoms with Crippen LogP contribution in [0.3, 0.4) is 0 Å². The number of fused-ring (bicyclic) bond motifs is 1. The summed E-state index contributed by atoms with van der Waals surface area (Å²) in [6.07, 6.45) is 2.75. The smallest absolute Gasteiger partial charge is 0.410 e. The number of hydrogen-bond acceptors (Lipinski definition) is 8. The zero-order valence-electron chi connectivity index (χ0n) is 21.4. The van der Waals surface area contributed by atoms with Gasteiger partial charge in [0.15, 0.2) is 5.82 Å². The van der Waals surface area contributed by atoms with Gasteiger partial charge in [-0.3, -0.25) is 4.40 Å². The van der Waals surface area contributed by atoms with Crippen LogP contribution < -0.4 is 14.8 Å². The van der Waals surface area contributed by atoms with Gasteiger partial charge in [0.1, 0.15) is 39.1 Å². The van der Waals surface area contributed by atoms with E-state index in [0.29, 0.717) is 41.7 Å². The standard InChI is InChI=1S/C25H32BrN5O5/c1-15-14-35-19(13-31(15)24(32)36-25(2,3)4)23-29-21(26)20-22(27-9-10-30(20)23)28-12-16-7-8-17(33-5)11-18(16)34-6/h7-11,15,19H,12-14H2,1-6H3,(H,27,28)/t15-,19+/m0/s1. The maximum absolute atomic E-state index is 12.8. The van der Waals surface area contributed by atoms with Gasteiger partial charge in [-0.2, -0.15) is 0 Å². The fourth-order valence-electron chi connectivity index (χ4n) is 4.04. The van der Waals surface area contributed by atoms with Crippen LogP contribution in [0.25, 0.3) is 5.52 Å². The lowest BCUT2D eigenvalue weighted by molar-refractivity contribution is -0.0698. The minimum Gasteiger partial charge on any atom is -0.497 e. The third kappa shape index (κ3) is 5.52. The third-order valence-corrected chi connectivity index (χ3v) is 6.38. The van der Waals surface area contributed by atoms with Crippen molar-refractivity contribution in [3.8, 4) is 11.5 Å². The number of halogens is 1. The Hall–Kier alpha value is -3.05. The average molecular weight is 562 g/mol. The number of anilines is 1. The van der Waals surface area contributed by atoms with Crippen LogP contribution in [0.1, 0.15) is 45.2 Å². The van der Waals surface area contributed by atoms with Gasteiger partial charge in [-0.25, -0.2) is 14.8 Å². The lowest BCUT2D eigenvalue weighted by atomic mass is 10.2. The molecule has 1 saturated heterocycles. The molecule has 194 valence electrons. The summed E-state index contributed by atoms with van der Waals surface area (Å²) >= 11 is 3.59. The quantitative estimate of drug-likeness (QED) is 0.457. The molecular formula is C25H32BrN5O5. The summed E-state index contributed by atoms with van der Waals surface area (Å²) in [5.74, 6) is 2.76. The fourth-order valence-corrected chi connectivity index (χ4v) is 4.60. The highest BCUT2D eigenvalue weighted by atomic mass is 79.9. The average Bonchev–Trinajstić information content (AvgIpc) is 3.18. The molecule has 0 aliphatic carbocycles. The number of hydrogen-bond donors (Lipinski definition) is 1. The second-order valence-electron chi connectivity index (χ2n) is 9.59. The number of ether oxygens (including phenoxy) is 4. The fraction of sp³-hybridized carbons (Fsp3) is 0.480. The van der Waals surface area contributed by atoms with E-state index >= 15 is 0 Å². The second kappa shape index (κ2) is 10.5. The highest BCUT2D eigenvalue weighted by Gasteiger charge is 2.35. The van der Waals surface area contributed by atoms with Crippen molar-refractivity contribution in [2.24, 2.45) is 0 Å². The Morgan fingerprint density at radius 1 is 1.28 bits per heavy atom. The molecule has 4 rings (SSSR count). The molecule has 1 amide bonds. The van der Waals surface area contributed by atoms with Crippen LogP contribution in [-0.4, -0.2) is 64.4 Å². The number of amides is 1. The first kappa shape index (κ1) is 26.0. The summed E-state index contributed by atoms with van der Waals surface area (Å²) in [6, 6.07) is 5.57. The van der Waals surface area contributed by atoms with E-state index in [0.717, 1.165) is 16.8 Å². The number of nitrogens with zero attached hydrogens (tertiary/aromatic N) is 4. The van der Waals surface area contributed by atoms with E-state index in [-0.39, 0.29) is 12.1 Å². The van der Waals surface area contributed by atoms with Gasteiger partial charge in [0, 0.05) is 30.6 Å². The molecule has 1 aliphatic heterocycles. The Labute approximate surface area is 219 Å². The molecule has 1 aliphatic rings. The van der Waals surface area contributed by atoms with Crippen molar-refractivity contribution >= 4 is 33.4 Å². The summed E-state index contributed by atoms with van der Waals surface area (Å²) in [7, 11) is 3.25. The molecule has 0 saturated carbocycles. The van der Waals surface area contributed by atoms with Gasteiger partial charge >= 0.3 is 6.09 Å². The van der Waals surface area contributed by atoms with E-state index in [2.05, 4.69) is 26.2 Å². The number of imidazole rings is 1. The number of aromatic nitrogens is 3. The number of morpholine rings is 1. The van der Waals surface area contributed by atoms with Gasteiger partial charge in [-0.05, 0) is 55.8 Å². The van der Waals surface area contributed by atoms with E-state index < -0.39 is 11.7 Å². The normalized spacial score (nSPS) is 18.2. The van der Waals surface area contributed by atoms with E-state index in [1.807, 2.05) is 56.5 Å². The SMILES string of the molecule is COc1ccc(CNc2nccn3c([C@H]4CN(C(=O)OC(C)(C)C)[C@@H](C)CO4)nc(Br)c23)c(OC)c1. The largest absolute Gasteiger partial charge is 0.497 e. The molecule has 0 radical (unpaired) electrons. The van der Waals surface area contributed by atoms with Gasteiger partial charge in [-0.1, -0.05) is 0 Å². The van der Waals surface area contributed by atoms with E-state index in [1.54, 1.807) is 25.3 Å². The van der Waals surface area contributed by atoms with Crippen LogP contribution in [0, 0.1) is 0 Å².